The lowest BCUT2D eigenvalue weighted by Crippen LogP contribution is -2.40. The van der Waals surface area contributed by atoms with Gasteiger partial charge in [0.05, 0.1) is 0 Å². The Balaban J connectivity index is 2.45. The molecular weight excluding hydrogens is 300 g/mol. The first-order valence-corrected chi connectivity index (χ1v) is 7.75. The summed E-state index contributed by atoms with van der Waals surface area (Å²) in [5.41, 5.74) is 1.11. The van der Waals surface area contributed by atoms with Crippen molar-refractivity contribution in [3.63, 3.8) is 0 Å². The molecule has 0 aromatic heterocycles. The van der Waals surface area contributed by atoms with Crippen LogP contribution >= 0.6 is 11.6 Å². The number of hydrogen-bond acceptors (Lipinski definition) is 2. The lowest BCUT2D eigenvalue weighted by molar-refractivity contribution is -0.121. The van der Waals surface area contributed by atoms with Crippen LogP contribution < -0.4 is 10.6 Å². The smallest absolute Gasteiger partial charge is 0.221 e. The molecule has 1 amide bonds. The Hall–Kier alpha value is -1.75. The molecule has 5 nitrogen and oxygen atoms in total. The summed E-state index contributed by atoms with van der Waals surface area (Å²) in [7, 11) is 3.68. The highest BCUT2D eigenvalue weighted by Crippen LogP contribution is 2.12. The highest BCUT2D eigenvalue weighted by atomic mass is 35.5. The molecular formula is C16H25ClN4O. The number of rotatable bonds is 6. The van der Waals surface area contributed by atoms with Crippen LogP contribution in [0.2, 0.25) is 5.02 Å². The van der Waals surface area contributed by atoms with Gasteiger partial charge in [0.25, 0.3) is 0 Å². The predicted octanol–water partition coefficient (Wildman–Crippen LogP) is 2.26. The van der Waals surface area contributed by atoms with E-state index in [-0.39, 0.29) is 11.9 Å². The van der Waals surface area contributed by atoms with Crippen molar-refractivity contribution in [2.24, 2.45) is 4.99 Å². The molecule has 22 heavy (non-hydrogen) atoms. The number of carbonyl (C=O) groups excluding carboxylic acids is 1. The Labute approximate surface area is 137 Å². The van der Waals surface area contributed by atoms with Gasteiger partial charge in [0.2, 0.25) is 5.91 Å². The van der Waals surface area contributed by atoms with Gasteiger partial charge in [0, 0.05) is 44.7 Å². The van der Waals surface area contributed by atoms with E-state index in [0.29, 0.717) is 19.5 Å². The molecule has 0 bridgehead atoms. The third kappa shape index (κ3) is 6.80. The first-order valence-electron chi connectivity index (χ1n) is 7.38. The minimum atomic E-state index is 0.0375. The number of halogens is 1. The van der Waals surface area contributed by atoms with Crippen LogP contribution in [0.3, 0.4) is 0 Å². The van der Waals surface area contributed by atoms with Crippen LogP contribution in [0, 0.1) is 0 Å². The molecule has 0 radical (unpaired) electrons. The van der Waals surface area contributed by atoms with Crippen LogP contribution in [0.5, 0.6) is 0 Å². The maximum absolute atomic E-state index is 11.6. The summed E-state index contributed by atoms with van der Waals surface area (Å²) in [6, 6.07) is 7.90. The van der Waals surface area contributed by atoms with Crippen LogP contribution in [-0.2, 0) is 11.3 Å². The summed E-state index contributed by atoms with van der Waals surface area (Å²) in [6.07, 6.45) is 0.419. The van der Waals surface area contributed by atoms with E-state index in [4.69, 9.17) is 11.6 Å². The molecule has 1 rings (SSSR count). The van der Waals surface area contributed by atoms with Crippen molar-refractivity contribution in [3.05, 3.63) is 34.9 Å². The number of nitrogens with one attached hydrogen (secondary N) is 2. The van der Waals surface area contributed by atoms with Crippen molar-refractivity contribution >= 4 is 23.5 Å². The second-order valence-corrected chi connectivity index (χ2v) is 5.87. The van der Waals surface area contributed by atoms with Crippen LogP contribution in [-0.4, -0.2) is 43.4 Å². The van der Waals surface area contributed by atoms with Crippen molar-refractivity contribution in [2.75, 3.05) is 20.6 Å². The Morgan fingerprint density at radius 1 is 1.41 bits per heavy atom. The number of aliphatic imine (C=N–C) groups is 1. The lowest BCUT2D eigenvalue weighted by atomic mass is 10.2. The second kappa shape index (κ2) is 9.30. The average molecular weight is 325 g/mol. The summed E-state index contributed by atoms with van der Waals surface area (Å²) in [4.78, 5) is 17.8. The normalized spacial score (nSPS) is 11.5. The third-order valence-corrected chi connectivity index (χ3v) is 3.20. The van der Waals surface area contributed by atoms with E-state index in [1.807, 2.05) is 50.1 Å². The first kappa shape index (κ1) is 18.3. The molecule has 0 aliphatic heterocycles. The molecule has 1 aromatic carbocycles. The number of hydrogen-bond donors (Lipinski definition) is 2. The van der Waals surface area contributed by atoms with Crippen LogP contribution in [0.1, 0.15) is 25.8 Å². The Kier molecular flexibility index (Phi) is 7.74. The number of benzene rings is 1. The summed E-state index contributed by atoms with van der Waals surface area (Å²) in [5.74, 6) is 0.785. The van der Waals surface area contributed by atoms with Crippen LogP contribution in [0.25, 0.3) is 0 Å². The molecule has 0 fully saturated rings. The predicted molar refractivity (Wildman–Crippen MR) is 92.2 cm³/mol. The maximum Gasteiger partial charge on any atom is 0.221 e. The molecule has 0 spiro atoms. The molecule has 0 saturated carbocycles. The van der Waals surface area contributed by atoms with E-state index in [1.54, 1.807) is 7.05 Å². The van der Waals surface area contributed by atoms with Gasteiger partial charge in [-0.1, -0.05) is 23.7 Å². The van der Waals surface area contributed by atoms with E-state index in [0.717, 1.165) is 16.5 Å². The molecule has 0 heterocycles. The van der Waals surface area contributed by atoms with Gasteiger partial charge in [0.15, 0.2) is 5.96 Å². The van der Waals surface area contributed by atoms with Gasteiger partial charge >= 0.3 is 0 Å². The Morgan fingerprint density at radius 2 is 2.14 bits per heavy atom. The SMILES string of the molecule is CN=C(NCCC(=O)NC(C)C)N(C)Cc1cccc(Cl)c1. The monoisotopic (exact) mass is 324 g/mol. The maximum atomic E-state index is 11.6. The molecule has 6 heteroatoms. The quantitative estimate of drug-likeness (QED) is 0.623. The molecule has 0 unspecified atom stereocenters. The topological polar surface area (TPSA) is 56.7 Å². The number of amides is 1. The molecule has 0 saturated heterocycles. The molecule has 0 aliphatic rings. The van der Waals surface area contributed by atoms with Gasteiger partial charge in [-0.25, -0.2) is 0 Å². The van der Waals surface area contributed by atoms with Crippen molar-refractivity contribution in [2.45, 2.75) is 32.9 Å². The molecule has 0 atom stereocenters. The van der Waals surface area contributed by atoms with Crippen molar-refractivity contribution in [1.82, 2.24) is 15.5 Å². The fraction of sp³-hybridized carbons (Fsp3) is 0.500. The summed E-state index contributed by atoms with van der Waals surface area (Å²) < 4.78 is 0. The summed E-state index contributed by atoms with van der Waals surface area (Å²) in [5, 5.41) is 6.77. The fourth-order valence-corrected chi connectivity index (χ4v) is 2.26. The van der Waals surface area contributed by atoms with Gasteiger partial charge in [0.1, 0.15) is 0 Å². The zero-order valence-corrected chi connectivity index (χ0v) is 14.4. The zero-order chi connectivity index (χ0) is 16.5. The average Bonchev–Trinajstić information content (AvgIpc) is 2.42. The molecule has 2 N–H and O–H groups in total. The molecule has 0 aliphatic carbocycles. The summed E-state index contributed by atoms with van der Waals surface area (Å²) >= 11 is 5.99. The number of nitrogens with zero attached hydrogens (tertiary/aromatic N) is 2. The van der Waals surface area contributed by atoms with E-state index in [9.17, 15) is 4.79 Å². The summed E-state index contributed by atoms with van der Waals surface area (Å²) in [6.45, 7) is 5.13. The van der Waals surface area contributed by atoms with E-state index < -0.39 is 0 Å². The van der Waals surface area contributed by atoms with Gasteiger partial charge in [-0.2, -0.15) is 0 Å². The minimum absolute atomic E-state index is 0.0375. The highest BCUT2D eigenvalue weighted by molar-refractivity contribution is 6.30. The Bertz CT molecular complexity index is 517. The standard InChI is InChI=1S/C16H25ClN4O/c1-12(2)20-15(22)8-9-19-16(18-3)21(4)11-13-6-5-7-14(17)10-13/h5-7,10,12H,8-9,11H2,1-4H3,(H,18,19)(H,20,22). The van der Waals surface area contributed by atoms with Crippen molar-refractivity contribution < 1.29 is 4.79 Å². The number of guanidine groups is 1. The zero-order valence-electron chi connectivity index (χ0n) is 13.7. The Morgan fingerprint density at radius 3 is 2.73 bits per heavy atom. The highest BCUT2D eigenvalue weighted by Gasteiger charge is 2.08. The molecule has 122 valence electrons. The van der Waals surface area contributed by atoms with Crippen LogP contribution in [0.15, 0.2) is 29.3 Å². The fourth-order valence-electron chi connectivity index (χ4n) is 2.05. The van der Waals surface area contributed by atoms with Crippen molar-refractivity contribution in [1.29, 1.82) is 0 Å². The van der Waals surface area contributed by atoms with E-state index in [1.165, 1.54) is 0 Å². The number of carbonyl (C=O) groups is 1. The van der Waals surface area contributed by atoms with E-state index >= 15 is 0 Å². The van der Waals surface area contributed by atoms with Crippen LogP contribution in [0.4, 0.5) is 0 Å². The van der Waals surface area contributed by atoms with Crippen molar-refractivity contribution in [3.8, 4) is 0 Å². The van der Waals surface area contributed by atoms with Gasteiger partial charge in [-0.15, -0.1) is 0 Å². The third-order valence-electron chi connectivity index (χ3n) is 2.97. The lowest BCUT2D eigenvalue weighted by Gasteiger charge is -2.22. The van der Waals surface area contributed by atoms with Gasteiger partial charge in [-0.05, 0) is 31.5 Å². The largest absolute Gasteiger partial charge is 0.356 e. The van der Waals surface area contributed by atoms with Gasteiger partial charge < -0.3 is 15.5 Å². The molecule has 1 aromatic rings. The first-order chi connectivity index (χ1) is 10.4. The second-order valence-electron chi connectivity index (χ2n) is 5.43. The minimum Gasteiger partial charge on any atom is -0.356 e. The van der Waals surface area contributed by atoms with E-state index in [2.05, 4.69) is 15.6 Å². The van der Waals surface area contributed by atoms with Gasteiger partial charge in [-0.3, -0.25) is 9.79 Å².